The summed E-state index contributed by atoms with van der Waals surface area (Å²) in [6.07, 6.45) is 3.91. The summed E-state index contributed by atoms with van der Waals surface area (Å²) in [5, 5.41) is 1.96. The molecule has 0 radical (unpaired) electrons. The van der Waals surface area contributed by atoms with Gasteiger partial charge in [-0.2, -0.15) is 0 Å². The third-order valence-corrected chi connectivity index (χ3v) is 3.31. The fourth-order valence-electron chi connectivity index (χ4n) is 1.28. The zero-order valence-electron chi connectivity index (χ0n) is 7.19. The SMILES string of the molecule is CSCn1ccc(=O)c2sccc21. The number of pyridine rings is 1. The molecule has 0 saturated carbocycles. The summed E-state index contributed by atoms with van der Waals surface area (Å²) in [6.45, 7) is 0. The van der Waals surface area contributed by atoms with E-state index in [-0.39, 0.29) is 5.43 Å². The van der Waals surface area contributed by atoms with Crippen LogP contribution in [0.1, 0.15) is 0 Å². The first kappa shape index (κ1) is 8.84. The van der Waals surface area contributed by atoms with Crippen LogP contribution in [0, 0.1) is 0 Å². The van der Waals surface area contributed by atoms with Crippen molar-refractivity contribution >= 4 is 33.3 Å². The molecule has 0 fully saturated rings. The van der Waals surface area contributed by atoms with Crippen LogP contribution in [0.25, 0.3) is 10.2 Å². The number of thiophene rings is 1. The number of hydrogen-bond acceptors (Lipinski definition) is 3. The van der Waals surface area contributed by atoms with Gasteiger partial charge in [0, 0.05) is 12.3 Å². The summed E-state index contributed by atoms with van der Waals surface area (Å²) >= 11 is 3.26. The molecule has 2 heterocycles. The summed E-state index contributed by atoms with van der Waals surface area (Å²) in [4.78, 5) is 11.4. The zero-order chi connectivity index (χ0) is 9.26. The van der Waals surface area contributed by atoms with Crippen LogP contribution in [-0.4, -0.2) is 10.8 Å². The van der Waals surface area contributed by atoms with Crippen molar-refractivity contribution in [2.75, 3.05) is 6.26 Å². The fourth-order valence-corrected chi connectivity index (χ4v) is 2.60. The molecule has 13 heavy (non-hydrogen) atoms. The minimum Gasteiger partial charge on any atom is -0.337 e. The molecule has 0 bridgehead atoms. The molecule has 0 aliphatic heterocycles. The first-order chi connectivity index (χ1) is 6.33. The van der Waals surface area contributed by atoms with Crippen LogP contribution in [0.4, 0.5) is 0 Å². The van der Waals surface area contributed by atoms with Crippen LogP contribution < -0.4 is 5.43 Å². The third-order valence-electron chi connectivity index (χ3n) is 1.85. The highest BCUT2D eigenvalue weighted by Gasteiger charge is 2.02. The van der Waals surface area contributed by atoms with Crippen LogP contribution in [0.15, 0.2) is 28.5 Å². The molecule has 2 aromatic rings. The van der Waals surface area contributed by atoms with Gasteiger partial charge in [-0.15, -0.1) is 23.1 Å². The average Bonchev–Trinajstić information content (AvgIpc) is 2.59. The highest BCUT2D eigenvalue weighted by atomic mass is 32.2. The normalized spacial score (nSPS) is 10.8. The third kappa shape index (κ3) is 1.51. The lowest BCUT2D eigenvalue weighted by Crippen LogP contribution is -2.04. The number of nitrogens with zero attached hydrogens (tertiary/aromatic N) is 1. The average molecular weight is 211 g/mol. The molecule has 0 amide bonds. The van der Waals surface area contributed by atoms with Gasteiger partial charge in [0.1, 0.15) is 0 Å². The van der Waals surface area contributed by atoms with Crippen LogP contribution in [0.5, 0.6) is 0 Å². The Hall–Kier alpha value is -0.740. The second kappa shape index (κ2) is 3.55. The van der Waals surface area contributed by atoms with Gasteiger partial charge >= 0.3 is 0 Å². The number of hydrogen-bond donors (Lipinski definition) is 0. The van der Waals surface area contributed by atoms with Gasteiger partial charge in [-0.25, -0.2) is 0 Å². The lowest BCUT2D eigenvalue weighted by molar-refractivity contribution is 0.929. The molecule has 2 aromatic heterocycles. The molecular weight excluding hydrogens is 202 g/mol. The van der Waals surface area contributed by atoms with Crippen molar-refractivity contribution in [1.29, 1.82) is 0 Å². The van der Waals surface area contributed by atoms with E-state index >= 15 is 0 Å². The Kier molecular flexibility index (Phi) is 2.42. The number of thioether (sulfide) groups is 1. The maximum Gasteiger partial charge on any atom is 0.199 e. The van der Waals surface area contributed by atoms with Crippen molar-refractivity contribution in [2.24, 2.45) is 0 Å². The van der Waals surface area contributed by atoms with Crippen LogP contribution in [-0.2, 0) is 5.88 Å². The molecule has 2 rings (SSSR count). The monoisotopic (exact) mass is 211 g/mol. The molecule has 0 unspecified atom stereocenters. The van der Waals surface area contributed by atoms with E-state index < -0.39 is 0 Å². The second-order valence-electron chi connectivity index (χ2n) is 2.70. The minimum absolute atomic E-state index is 0.127. The van der Waals surface area contributed by atoms with Crippen LogP contribution in [0.3, 0.4) is 0 Å². The molecule has 4 heteroatoms. The second-order valence-corrected chi connectivity index (χ2v) is 4.45. The van der Waals surface area contributed by atoms with E-state index in [1.54, 1.807) is 17.8 Å². The molecule has 0 spiro atoms. The van der Waals surface area contributed by atoms with Crippen molar-refractivity contribution in [1.82, 2.24) is 4.57 Å². The molecular formula is C9H9NOS2. The van der Waals surface area contributed by atoms with Gasteiger partial charge in [-0.05, 0) is 17.7 Å². The maximum absolute atomic E-state index is 11.4. The van der Waals surface area contributed by atoms with Gasteiger partial charge in [0.15, 0.2) is 5.43 Å². The number of rotatable bonds is 2. The highest BCUT2D eigenvalue weighted by molar-refractivity contribution is 7.97. The molecule has 2 nitrogen and oxygen atoms in total. The van der Waals surface area contributed by atoms with E-state index in [0.29, 0.717) is 0 Å². The van der Waals surface area contributed by atoms with E-state index in [1.165, 1.54) is 11.3 Å². The maximum atomic E-state index is 11.4. The standard InChI is InChI=1S/C9H9NOS2/c1-12-6-10-4-2-8(11)9-7(10)3-5-13-9/h2-5H,6H2,1H3. The Labute approximate surface area is 84.2 Å². The van der Waals surface area contributed by atoms with E-state index in [4.69, 9.17) is 0 Å². The summed E-state index contributed by atoms with van der Waals surface area (Å²) in [7, 11) is 0. The van der Waals surface area contributed by atoms with Crippen molar-refractivity contribution in [3.8, 4) is 0 Å². The molecule has 0 N–H and O–H groups in total. The Morgan fingerprint density at radius 1 is 1.54 bits per heavy atom. The van der Waals surface area contributed by atoms with Crippen molar-refractivity contribution in [3.63, 3.8) is 0 Å². The molecule has 0 atom stereocenters. The van der Waals surface area contributed by atoms with E-state index in [9.17, 15) is 4.79 Å². The van der Waals surface area contributed by atoms with Gasteiger partial charge in [-0.1, -0.05) is 0 Å². The van der Waals surface area contributed by atoms with E-state index in [0.717, 1.165) is 16.1 Å². The Bertz CT molecular complexity index is 472. The summed E-state index contributed by atoms with van der Waals surface area (Å²) in [6, 6.07) is 3.63. The van der Waals surface area contributed by atoms with Gasteiger partial charge in [0.05, 0.1) is 16.1 Å². The quantitative estimate of drug-likeness (QED) is 0.761. The highest BCUT2D eigenvalue weighted by Crippen LogP contribution is 2.17. The molecule has 0 aliphatic rings. The largest absolute Gasteiger partial charge is 0.337 e. The molecule has 0 saturated heterocycles. The van der Waals surface area contributed by atoms with Crippen molar-refractivity contribution < 1.29 is 0 Å². The number of fused-ring (bicyclic) bond motifs is 1. The fraction of sp³-hybridized carbons (Fsp3) is 0.222. The number of aromatic nitrogens is 1. The molecule has 0 aromatic carbocycles. The van der Waals surface area contributed by atoms with E-state index in [2.05, 4.69) is 10.8 Å². The van der Waals surface area contributed by atoms with Crippen LogP contribution >= 0.6 is 23.1 Å². The van der Waals surface area contributed by atoms with Gasteiger partial charge < -0.3 is 4.57 Å². The first-order valence-electron chi connectivity index (χ1n) is 3.88. The van der Waals surface area contributed by atoms with E-state index in [1.807, 2.05) is 17.6 Å². The zero-order valence-corrected chi connectivity index (χ0v) is 8.82. The van der Waals surface area contributed by atoms with Gasteiger partial charge in [0.2, 0.25) is 0 Å². The topological polar surface area (TPSA) is 22.0 Å². The summed E-state index contributed by atoms with van der Waals surface area (Å²) in [5.41, 5.74) is 1.18. The lowest BCUT2D eigenvalue weighted by Gasteiger charge is -2.04. The summed E-state index contributed by atoms with van der Waals surface area (Å²) < 4.78 is 2.95. The smallest absolute Gasteiger partial charge is 0.199 e. The Morgan fingerprint density at radius 2 is 2.38 bits per heavy atom. The van der Waals surface area contributed by atoms with Crippen molar-refractivity contribution in [3.05, 3.63) is 33.9 Å². The predicted molar refractivity (Wildman–Crippen MR) is 59.6 cm³/mol. The summed E-state index contributed by atoms with van der Waals surface area (Å²) in [5.74, 6) is 0.896. The first-order valence-corrected chi connectivity index (χ1v) is 6.16. The van der Waals surface area contributed by atoms with Gasteiger partial charge in [-0.3, -0.25) is 4.79 Å². The molecule has 68 valence electrons. The molecule has 0 aliphatic carbocycles. The Morgan fingerprint density at radius 3 is 3.15 bits per heavy atom. The lowest BCUT2D eigenvalue weighted by atomic mass is 10.4. The van der Waals surface area contributed by atoms with Crippen molar-refractivity contribution in [2.45, 2.75) is 5.88 Å². The van der Waals surface area contributed by atoms with Crippen LogP contribution in [0.2, 0.25) is 0 Å². The minimum atomic E-state index is 0.127. The predicted octanol–water partition coefficient (Wildman–Crippen LogP) is 2.38. The Balaban J connectivity index is 2.71. The van der Waals surface area contributed by atoms with Gasteiger partial charge in [0.25, 0.3) is 0 Å².